The van der Waals surface area contributed by atoms with Gasteiger partial charge in [-0.1, -0.05) is 0 Å². The molecule has 0 aliphatic rings. The highest BCUT2D eigenvalue weighted by molar-refractivity contribution is 5.95. The first kappa shape index (κ1) is 17.9. The molecule has 2 heterocycles. The fourth-order valence-corrected chi connectivity index (χ4v) is 2.30. The standard InChI is InChI=1S/C17H16N6O4/c1-2-18-17(27)23-13-6-5-12-15(21-13)22-14(8-19-12)20-11-4-3-9(24)7-10(11)16(25)26/h3-8,24H,2H2,1H3,(H,25,26)(H3,18,20,21,22,23,27). The molecular formula is C17H16N6O4. The quantitative estimate of drug-likeness (QED) is 0.431. The number of nitrogens with one attached hydrogen (secondary N) is 3. The molecule has 10 heteroatoms. The lowest BCUT2D eigenvalue weighted by Crippen LogP contribution is -2.28. The van der Waals surface area contributed by atoms with E-state index in [0.717, 1.165) is 6.07 Å². The molecule has 0 fully saturated rings. The Morgan fingerprint density at radius 2 is 1.89 bits per heavy atom. The zero-order valence-electron chi connectivity index (χ0n) is 14.2. The van der Waals surface area contributed by atoms with Gasteiger partial charge in [0.05, 0.1) is 17.4 Å². The molecule has 0 atom stereocenters. The Bertz CT molecular complexity index is 1020. The van der Waals surface area contributed by atoms with Crippen LogP contribution < -0.4 is 16.0 Å². The second kappa shape index (κ2) is 7.52. The number of benzene rings is 1. The van der Waals surface area contributed by atoms with E-state index in [2.05, 4.69) is 30.9 Å². The van der Waals surface area contributed by atoms with E-state index in [4.69, 9.17) is 0 Å². The van der Waals surface area contributed by atoms with Gasteiger partial charge in [0, 0.05) is 6.54 Å². The van der Waals surface area contributed by atoms with Gasteiger partial charge in [-0.15, -0.1) is 0 Å². The third kappa shape index (κ3) is 4.18. The number of urea groups is 1. The third-order valence-corrected chi connectivity index (χ3v) is 3.48. The van der Waals surface area contributed by atoms with Crippen molar-refractivity contribution in [3.8, 4) is 5.75 Å². The highest BCUT2D eigenvalue weighted by atomic mass is 16.4. The maximum absolute atomic E-state index is 11.6. The molecule has 0 bridgehead atoms. The molecule has 0 radical (unpaired) electrons. The number of phenolic OH excluding ortho intramolecular Hbond substituents is 1. The van der Waals surface area contributed by atoms with Gasteiger partial charge in [-0.25, -0.2) is 24.5 Å². The second-order valence-electron chi connectivity index (χ2n) is 5.44. The summed E-state index contributed by atoms with van der Waals surface area (Å²) >= 11 is 0. The summed E-state index contributed by atoms with van der Waals surface area (Å²) in [4.78, 5) is 35.7. The number of pyridine rings is 1. The molecule has 10 nitrogen and oxygen atoms in total. The van der Waals surface area contributed by atoms with Gasteiger partial charge >= 0.3 is 12.0 Å². The van der Waals surface area contributed by atoms with Crippen LogP contribution in [0.1, 0.15) is 17.3 Å². The largest absolute Gasteiger partial charge is 0.508 e. The Kier molecular flexibility index (Phi) is 4.97. The van der Waals surface area contributed by atoms with Gasteiger partial charge in [0.15, 0.2) is 11.5 Å². The second-order valence-corrected chi connectivity index (χ2v) is 5.44. The first-order chi connectivity index (χ1) is 13.0. The number of rotatable bonds is 5. The van der Waals surface area contributed by atoms with E-state index in [-0.39, 0.29) is 34.5 Å². The van der Waals surface area contributed by atoms with Crippen LogP contribution in [0.4, 0.5) is 22.1 Å². The monoisotopic (exact) mass is 368 g/mol. The summed E-state index contributed by atoms with van der Waals surface area (Å²) in [6, 6.07) is 6.78. The average Bonchev–Trinajstić information content (AvgIpc) is 2.63. The molecule has 5 N–H and O–H groups in total. The predicted octanol–water partition coefficient (Wildman–Crippen LogP) is 2.31. The number of hydrogen-bond acceptors (Lipinski definition) is 7. The number of amides is 2. The van der Waals surface area contributed by atoms with E-state index < -0.39 is 5.97 Å². The lowest BCUT2D eigenvalue weighted by molar-refractivity contribution is 0.0697. The summed E-state index contributed by atoms with van der Waals surface area (Å²) in [5.74, 6) is -0.798. The molecule has 3 rings (SSSR count). The lowest BCUT2D eigenvalue weighted by Gasteiger charge is -2.10. The van der Waals surface area contributed by atoms with Crippen molar-refractivity contribution in [1.82, 2.24) is 20.3 Å². The Morgan fingerprint density at radius 1 is 1.11 bits per heavy atom. The lowest BCUT2D eigenvalue weighted by atomic mass is 10.1. The van der Waals surface area contributed by atoms with Crippen LogP contribution in [-0.4, -0.2) is 43.7 Å². The molecule has 1 aromatic carbocycles. The van der Waals surface area contributed by atoms with Crippen LogP contribution in [0.5, 0.6) is 5.75 Å². The van der Waals surface area contributed by atoms with Crippen molar-refractivity contribution in [3.05, 3.63) is 42.1 Å². The minimum Gasteiger partial charge on any atom is -0.508 e. The zero-order chi connectivity index (χ0) is 19.4. The van der Waals surface area contributed by atoms with Crippen LogP contribution in [0, 0.1) is 0 Å². The van der Waals surface area contributed by atoms with Gasteiger partial charge in [-0.2, -0.15) is 0 Å². The first-order valence-electron chi connectivity index (χ1n) is 7.98. The highest BCUT2D eigenvalue weighted by Gasteiger charge is 2.12. The van der Waals surface area contributed by atoms with Crippen LogP contribution in [0.3, 0.4) is 0 Å². The molecule has 0 saturated carbocycles. The first-order valence-corrected chi connectivity index (χ1v) is 7.98. The molecule has 0 unspecified atom stereocenters. The topological polar surface area (TPSA) is 149 Å². The molecule has 2 aromatic heterocycles. The number of carbonyl (C=O) groups excluding carboxylic acids is 1. The number of aromatic hydroxyl groups is 1. The van der Waals surface area contributed by atoms with E-state index >= 15 is 0 Å². The molecule has 27 heavy (non-hydrogen) atoms. The third-order valence-electron chi connectivity index (χ3n) is 3.48. The maximum atomic E-state index is 11.6. The molecule has 0 saturated heterocycles. The van der Waals surface area contributed by atoms with Gasteiger partial charge in [0.25, 0.3) is 0 Å². The van der Waals surface area contributed by atoms with Crippen molar-refractivity contribution >= 4 is 40.5 Å². The number of carbonyl (C=O) groups is 2. The van der Waals surface area contributed by atoms with Crippen LogP contribution in [0.25, 0.3) is 11.2 Å². The van der Waals surface area contributed by atoms with Crippen LogP contribution in [0.2, 0.25) is 0 Å². The molecule has 0 spiro atoms. The van der Waals surface area contributed by atoms with Crippen molar-refractivity contribution < 1.29 is 19.8 Å². The van der Waals surface area contributed by atoms with E-state index in [0.29, 0.717) is 17.9 Å². The van der Waals surface area contributed by atoms with Crippen molar-refractivity contribution in [2.24, 2.45) is 0 Å². The van der Waals surface area contributed by atoms with Gasteiger partial charge < -0.3 is 20.8 Å². The number of phenols is 1. The van der Waals surface area contributed by atoms with Crippen molar-refractivity contribution in [2.75, 3.05) is 17.2 Å². The van der Waals surface area contributed by atoms with E-state index in [1.807, 2.05) is 0 Å². The fourth-order valence-electron chi connectivity index (χ4n) is 2.30. The van der Waals surface area contributed by atoms with E-state index in [9.17, 15) is 19.8 Å². The molecule has 3 aromatic rings. The number of aromatic nitrogens is 3. The SMILES string of the molecule is CCNC(=O)Nc1ccc2ncc(Nc3ccc(O)cc3C(=O)O)nc2n1. The van der Waals surface area contributed by atoms with Crippen molar-refractivity contribution in [3.63, 3.8) is 0 Å². The maximum Gasteiger partial charge on any atom is 0.337 e. The Balaban J connectivity index is 1.90. The van der Waals surface area contributed by atoms with Crippen molar-refractivity contribution in [1.29, 1.82) is 0 Å². The summed E-state index contributed by atoms with van der Waals surface area (Å²) in [7, 11) is 0. The minimum absolute atomic E-state index is 0.114. The zero-order valence-corrected chi connectivity index (χ0v) is 14.2. The van der Waals surface area contributed by atoms with E-state index in [1.54, 1.807) is 19.1 Å². The van der Waals surface area contributed by atoms with Gasteiger partial charge in [0.2, 0.25) is 0 Å². The van der Waals surface area contributed by atoms with Gasteiger partial charge in [0.1, 0.15) is 17.1 Å². The number of carboxylic acid groups (broad SMARTS) is 1. The summed E-state index contributed by atoms with van der Waals surface area (Å²) in [5, 5.41) is 26.7. The molecule has 2 amide bonds. The van der Waals surface area contributed by atoms with Gasteiger partial charge in [-0.05, 0) is 37.3 Å². The number of fused-ring (bicyclic) bond motifs is 1. The minimum atomic E-state index is -1.20. The summed E-state index contributed by atoms with van der Waals surface area (Å²) < 4.78 is 0. The molecule has 138 valence electrons. The smallest absolute Gasteiger partial charge is 0.337 e. The average molecular weight is 368 g/mol. The number of nitrogens with zero attached hydrogens (tertiary/aromatic N) is 3. The summed E-state index contributed by atoms with van der Waals surface area (Å²) in [6.45, 7) is 2.28. The molecule has 0 aliphatic carbocycles. The van der Waals surface area contributed by atoms with Crippen LogP contribution in [-0.2, 0) is 0 Å². The van der Waals surface area contributed by atoms with E-state index in [1.165, 1.54) is 18.3 Å². The number of hydrogen-bond donors (Lipinski definition) is 5. The molecule has 0 aliphatic heterocycles. The summed E-state index contributed by atoms with van der Waals surface area (Å²) in [6.07, 6.45) is 1.43. The van der Waals surface area contributed by atoms with Crippen molar-refractivity contribution in [2.45, 2.75) is 6.92 Å². The van der Waals surface area contributed by atoms with Crippen LogP contribution in [0.15, 0.2) is 36.5 Å². The number of aromatic carboxylic acids is 1. The predicted molar refractivity (Wildman–Crippen MR) is 98.4 cm³/mol. The Morgan fingerprint density at radius 3 is 2.63 bits per heavy atom. The van der Waals surface area contributed by atoms with Gasteiger partial charge in [-0.3, -0.25) is 5.32 Å². The summed E-state index contributed by atoms with van der Waals surface area (Å²) in [5.41, 5.74) is 0.901. The normalized spacial score (nSPS) is 10.4. The fraction of sp³-hybridized carbons (Fsp3) is 0.118. The highest BCUT2D eigenvalue weighted by Crippen LogP contribution is 2.24. The van der Waals surface area contributed by atoms with Crippen LogP contribution >= 0.6 is 0 Å². The Labute approximate surface area is 153 Å². The Hall–Kier alpha value is -3.95. The number of carboxylic acids is 1. The number of anilines is 3. The molecular weight excluding hydrogens is 352 g/mol.